The summed E-state index contributed by atoms with van der Waals surface area (Å²) in [5.74, 6) is 0. The van der Waals surface area contributed by atoms with E-state index in [0.29, 0.717) is 0 Å². The molecule has 0 atom stereocenters. The number of para-hydroxylation sites is 2. The molecule has 0 bridgehead atoms. The Morgan fingerprint density at radius 2 is 1.24 bits per heavy atom. The summed E-state index contributed by atoms with van der Waals surface area (Å²) in [6.07, 6.45) is 0. The van der Waals surface area contributed by atoms with Crippen molar-refractivity contribution >= 4 is 43.7 Å². The molecule has 0 saturated carbocycles. The van der Waals surface area contributed by atoms with Crippen molar-refractivity contribution in [1.82, 2.24) is 4.57 Å². The van der Waals surface area contributed by atoms with Gasteiger partial charge in [0.05, 0.1) is 11.0 Å². The van der Waals surface area contributed by atoms with E-state index in [1.165, 1.54) is 60.4 Å². The van der Waals surface area contributed by atoms with Crippen LogP contribution in [0.4, 0.5) is 0 Å². The Balaban J connectivity index is 1.49. The van der Waals surface area contributed by atoms with Gasteiger partial charge in [-0.05, 0) is 57.6 Å². The lowest BCUT2D eigenvalue weighted by molar-refractivity contribution is 0.658. The molecule has 1 aliphatic carbocycles. The van der Waals surface area contributed by atoms with Gasteiger partial charge < -0.3 is 8.98 Å². The van der Waals surface area contributed by atoms with E-state index in [1.807, 2.05) is 0 Å². The van der Waals surface area contributed by atoms with Gasteiger partial charge >= 0.3 is 0 Å². The van der Waals surface area contributed by atoms with Crippen molar-refractivity contribution in [2.24, 2.45) is 0 Å². The maximum atomic E-state index is 6.85. The summed E-state index contributed by atoms with van der Waals surface area (Å²) in [5, 5.41) is 4.93. The van der Waals surface area contributed by atoms with E-state index in [0.717, 1.165) is 22.4 Å². The minimum atomic E-state index is -0.161. The second-order valence-electron chi connectivity index (χ2n) is 11.7. The quantitative estimate of drug-likeness (QED) is 0.219. The number of furan rings is 1. The fourth-order valence-electron chi connectivity index (χ4n) is 7.40. The van der Waals surface area contributed by atoms with Crippen molar-refractivity contribution in [3.8, 4) is 27.9 Å². The zero-order valence-corrected chi connectivity index (χ0v) is 23.0. The summed E-state index contributed by atoms with van der Waals surface area (Å²) in [5.41, 5.74) is 13.0. The van der Waals surface area contributed by atoms with Gasteiger partial charge in [-0.3, -0.25) is 0 Å². The molecule has 2 heteroatoms. The van der Waals surface area contributed by atoms with Gasteiger partial charge in [0.2, 0.25) is 0 Å². The lowest BCUT2D eigenvalue weighted by Gasteiger charge is -2.22. The smallest absolute Gasteiger partial charge is 0.160 e. The highest BCUT2D eigenvalue weighted by Gasteiger charge is 2.41. The SMILES string of the molecule is CC1(C)c2ccccc2-c2c1c1c3ccccc3oc1c1c2c2ccccc2n1-c1ccc(-c2ccccc2)cc1. The van der Waals surface area contributed by atoms with Gasteiger partial charge in [0, 0.05) is 32.6 Å². The zero-order chi connectivity index (χ0) is 27.3. The lowest BCUT2D eigenvalue weighted by atomic mass is 9.80. The third-order valence-electron chi connectivity index (χ3n) is 9.16. The Kier molecular flexibility index (Phi) is 4.42. The molecular weight excluding hydrogens is 498 g/mol. The molecule has 2 nitrogen and oxygen atoms in total. The molecular formula is C39H27NO. The number of fused-ring (bicyclic) bond motifs is 12. The Bertz CT molecular complexity index is 2310. The highest BCUT2D eigenvalue weighted by atomic mass is 16.3. The summed E-state index contributed by atoms with van der Waals surface area (Å²) < 4.78 is 9.26. The molecule has 6 aromatic carbocycles. The van der Waals surface area contributed by atoms with Gasteiger partial charge in [0.25, 0.3) is 0 Å². The summed E-state index contributed by atoms with van der Waals surface area (Å²) in [7, 11) is 0. The van der Waals surface area contributed by atoms with Crippen molar-refractivity contribution < 1.29 is 4.42 Å². The first-order valence-electron chi connectivity index (χ1n) is 14.3. The second kappa shape index (κ2) is 7.99. The van der Waals surface area contributed by atoms with Crippen LogP contribution < -0.4 is 0 Å². The van der Waals surface area contributed by atoms with Crippen LogP contribution >= 0.6 is 0 Å². The highest BCUT2D eigenvalue weighted by molar-refractivity contribution is 6.29. The standard InChI is InChI=1S/C39H27NO/c1-39(2)30-17-9-6-14-27(30)33-34-28-15-7-10-18-31(28)40(26-22-20-25(21-23-26)24-12-4-3-5-13-24)37(34)38-35(36(33)39)29-16-8-11-19-32(29)41-38/h3-23H,1-2H3. The minimum absolute atomic E-state index is 0.161. The molecule has 0 unspecified atom stereocenters. The summed E-state index contributed by atoms with van der Waals surface area (Å²) in [4.78, 5) is 0. The molecule has 0 saturated heterocycles. The van der Waals surface area contributed by atoms with Gasteiger partial charge in [-0.25, -0.2) is 0 Å². The van der Waals surface area contributed by atoms with Crippen molar-refractivity contribution in [2.45, 2.75) is 19.3 Å². The maximum Gasteiger partial charge on any atom is 0.160 e. The van der Waals surface area contributed by atoms with Gasteiger partial charge in [0.15, 0.2) is 5.58 Å². The largest absolute Gasteiger partial charge is 0.454 e. The molecule has 0 aliphatic heterocycles. The van der Waals surface area contributed by atoms with Crippen LogP contribution in [-0.2, 0) is 5.41 Å². The molecule has 194 valence electrons. The number of benzene rings is 6. The topological polar surface area (TPSA) is 18.1 Å². The average Bonchev–Trinajstić information content (AvgIpc) is 3.64. The Hall–Kier alpha value is -5.08. The summed E-state index contributed by atoms with van der Waals surface area (Å²) >= 11 is 0. The van der Waals surface area contributed by atoms with Crippen LogP contribution in [0, 0.1) is 0 Å². The second-order valence-corrected chi connectivity index (χ2v) is 11.7. The molecule has 0 spiro atoms. The fourth-order valence-corrected chi connectivity index (χ4v) is 7.40. The van der Waals surface area contributed by atoms with Gasteiger partial charge in [-0.15, -0.1) is 0 Å². The molecule has 0 N–H and O–H groups in total. The van der Waals surface area contributed by atoms with Crippen molar-refractivity contribution in [3.05, 3.63) is 139 Å². The molecule has 0 radical (unpaired) electrons. The summed E-state index contributed by atoms with van der Waals surface area (Å²) in [6, 6.07) is 45.8. The van der Waals surface area contributed by atoms with E-state index in [1.54, 1.807) is 0 Å². The third-order valence-corrected chi connectivity index (χ3v) is 9.16. The zero-order valence-electron chi connectivity index (χ0n) is 23.0. The monoisotopic (exact) mass is 525 g/mol. The van der Waals surface area contributed by atoms with E-state index in [9.17, 15) is 0 Å². The van der Waals surface area contributed by atoms with Crippen LogP contribution in [0.15, 0.2) is 132 Å². The molecule has 1 aliphatic rings. The molecule has 8 aromatic rings. The Labute approximate surface area is 238 Å². The molecule has 41 heavy (non-hydrogen) atoms. The van der Waals surface area contributed by atoms with E-state index >= 15 is 0 Å². The predicted octanol–water partition coefficient (Wildman–Crippen LogP) is 10.7. The molecule has 2 heterocycles. The molecule has 2 aromatic heterocycles. The number of hydrogen-bond donors (Lipinski definition) is 0. The molecule has 0 fully saturated rings. The van der Waals surface area contributed by atoms with Gasteiger partial charge in [-0.1, -0.05) is 117 Å². The van der Waals surface area contributed by atoms with Crippen LogP contribution in [0.25, 0.3) is 71.7 Å². The van der Waals surface area contributed by atoms with Crippen molar-refractivity contribution in [1.29, 1.82) is 0 Å². The number of nitrogens with zero attached hydrogens (tertiary/aromatic N) is 1. The van der Waals surface area contributed by atoms with Crippen molar-refractivity contribution in [2.75, 3.05) is 0 Å². The average molecular weight is 526 g/mol. The maximum absolute atomic E-state index is 6.85. The Morgan fingerprint density at radius 3 is 2.07 bits per heavy atom. The first kappa shape index (κ1) is 22.7. The molecule has 0 amide bonds. The normalized spacial score (nSPS) is 13.8. The first-order chi connectivity index (χ1) is 20.1. The summed E-state index contributed by atoms with van der Waals surface area (Å²) in [6.45, 7) is 4.73. The van der Waals surface area contributed by atoms with Crippen LogP contribution in [0.3, 0.4) is 0 Å². The predicted molar refractivity (Wildman–Crippen MR) is 171 cm³/mol. The van der Waals surface area contributed by atoms with Gasteiger partial charge in [0.1, 0.15) is 5.58 Å². The molecule has 9 rings (SSSR count). The van der Waals surface area contributed by atoms with Gasteiger partial charge in [-0.2, -0.15) is 0 Å². The van der Waals surface area contributed by atoms with Crippen LogP contribution in [-0.4, -0.2) is 4.57 Å². The fraction of sp³-hybridized carbons (Fsp3) is 0.0769. The first-order valence-corrected chi connectivity index (χ1v) is 14.3. The van der Waals surface area contributed by atoms with E-state index in [-0.39, 0.29) is 5.41 Å². The van der Waals surface area contributed by atoms with E-state index in [4.69, 9.17) is 4.42 Å². The van der Waals surface area contributed by atoms with Crippen molar-refractivity contribution in [3.63, 3.8) is 0 Å². The van der Waals surface area contributed by atoms with E-state index < -0.39 is 0 Å². The van der Waals surface area contributed by atoms with Crippen LogP contribution in [0.1, 0.15) is 25.0 Å². The third kappa shape index (κ3) is 2.92. The minimum Gasteiger partial charge on any atom is -0.454 e. The Morgan fingerprint density at radius 1 is 0.585 bits per heavy atom. The number of rotatable bonds is 2. The van der Waals surface area contributed by atoms with Crippen LogP contribution in [0.2, 0.25) is 0 Å². The lowest BCUT2D eigenvalue weighted by Crippen LogP contribution is -2.15. The number of aromatic nitrogens is 1. The highest BCUT2D eigenvalue weighted by Crippen LogP contribution is 2.57. The van der Waals surface area contributed by atoms with E-state index in [2.05, 4.69) is 146 Å². The number of hydrogen-bond acceptors (Lipinski definition) is 1. The van der Waals surface area contributed by atoms with Crippen LogP contribution in [0.5, 0.6) is 0 Å².